The van der Waals surface area contributed by atoms with Gasteiger partial charge in [0.05, 0.1) is 11.3 Å². The van der Waals surface area contributed by atoms with Gasteiger partial charge >= 0.3 is 0 Å². The zero-order valence-electron chi connectivity index (χ0n) is 14.2. The van der Waals surface area contributed by atoms with Crippen LogP contribution < -0.4 is 10.6 Å². The van der Waals surface area contributed by atoms with E-state index in [0.717, 1.165) is 29.8 Å². The van der Waals surface area contributed by atoms with E-state index in [1.807, 2.05) is 24.3 Å². The highest BCUT2D eigenvalue weighted by atomic mass is 35.5. The molecular formula is C17H21ClN4O2S. The van der Waals surface area contributed by atoms with E-state index in [1.54, 1.807) is 19.3 Å². The van der Waals surface area contributed by atoms with Crippen LogP contribution >= 0.6 is 11.6 Å². The minimum atomic E-state index is -3.17. The molecule has 25 heavy (non-hydrogen) atoms. The Labute approximate surface area is 153 Å². The maximum Gasteiger partial charge on any atom is 0.211 e. The molecule has 2 aromatic rings. The second-order valence-electron chi connectivity index (χ2n) is 6.31. The highest BCUT2D eigenvalue weighted by Gasteiger charge is 2.30. The number of hydrogen-bond donors (Lipinski definition) is 1. The molecule has 1 fully saturated rings. The molecule has 2 heterocycles. The van der Waals surface area contributed by atoms with Gasteiger partial charge in [0.15, 0.2) is 0 Å². The number of anilines is 2. The Bertz CT molecular complexity index is 871. The smallest absolute Gasteiger partial charge is 0.211 e. The van der Waals surface area contributed by atoms with Gasteiger partial charge in [-0.3, -0.25) is 0 Å². The third-order valence-electron chi connectivity index (χ3n) is 4.64. The van der Waals surface area contributed by atoms with Gasteiger partial charge in [-0.25, -0.2) is 17.7 Å². The summed E-state index contributed by atoms with van der Waals surface area (Å²) in [5, 5.41) is 0.438. The Hall–Kier alpha value is -1.83. The van der Waals surface area contributed by atoms with Crippen molar-refractivity contribution < 1.29 is 8.42 Å². The van der Waals surface area contributed by atoms with Crippen LogP contribution in [0.5, 0.6) is 0 Å². The number of halogens is 1. The fourth-order valence-electron chi connectivity index (χ4n) is 3.01. The fraction of sp³-hybridized carbons (Fsp3) is 0.353. The number of pyridine rings is 1. The molecule has 3 rings (SSSR count). The summed E-state index contributed by atoms with van der Waals surface area (Å²) in [7, 11) is -1.52. The van der Waals surface area contributed by atoms with E-state index >= 15 is 0 Å². The molecule has 0 spiro atoms. The summed E-state index contributed by atoms with van der Waals surface area (Å²) in [5.41, 5.74) is 8.62. The van der Waals surface area contributed by atoms with Crippen LogP contribution in [-0.2, 0) is 10.0 Å². The molecule has 8 heteroatoms. The number of likely N-dealkylation sites (N-methyl/N-ethyl adjacent to an activating group) is 1. The zero-order chi connectivity index (χ0) is 18.2. The first kappa shape index (κ1) is 18.0. The summed E-state index contributed by atoms with van der Waals surface area (Å²) in [6.07, 6.45) is 3.77. The molecule has 2 N–H and O–H groups in total. The predicted octanol–water partition coefficient (Wildman–Crippen LogP) is 2.45. The van der Waals surface area contributed by atoms with Crippen LogP contribution in [0.2, 0.25) is 5.02 Å². The van der Waals surface area contributed by atoms with Crippen LogP contribution in [0.4, 0.5) is 11.5 Å². The van der Waals surface area contributed by atoms with Gasteiger partial charge in [-0.1, -0.05) is 23.7 Å². The highest BCUT2D eigenvalue weighted by molar-refractivity contribution is 7.88. The third-order valence-corrected chi connectivity index (χ3v) is 6.28. The largest absolute Gasteiger partial charge is 0.382 e. The van der Waals surface area contributed by atoms with Crippen LogP contribution in [0.15, 0.2) is 36.5 Å². The van der Waals surface area contributed by atoms with Gasteiger partial charge in [0.2, 0.25) is 10.0 Å². The van der Waals surface area contributed by atoms with E-state index in [2.05, 4.69) is 9.88 Å². The minimum Gasteiger partial charge on any atom is -0.382 e. The Morgan fingerprint density at radius 3 is 2.56 bits per heavy atom. The molecule has 0 amide bonds. The van der Waals surface area contributed by atoms with Crippen LogP contribution in [0.1, 0.15) is 6.42 Å². The highest BCUT2D eigenvalue weighted by Crippen LogP contribution is 2.29. The molecule has 0 unspecified atom stereocenters. The topological polar surface area (TPSA) is 79.5 Å². The van der Waals surface area contributed by atoms with Crippen molar-refractivity contribution in [3.63, 3.8) is 0 Å². The van der Waals surface area contributed by atoms with Crippen molar-refractivity contribution in [1.29, 1.82) is 0 Å². The number of sulfonamides is 1. The van der Waals surface area contributed by atoms with Gasteiger partial charge < -0.3 is 10.6 Å². The number of nitrogens with zero attached hydrogens (tertiary/aromatic N) is 3. The van der Waals surface area contributed by atoms with Gasteiger partial charge in [-0.2, -0.15) is 0 Å². The Balaban J connectivity index is 1.74. The van der Waals surface area contributed by atoms with Crippen LogP contribution in [0, 0.1) is 0 Å². The number of aromatic nitrogens is 1. The maximum atomic E-state index is 11.7. The van der Waals surface area contributed by atoms with Gasteiger partial charge in [0.1, 0.15) is 5.82 Å². The van der Waals surface area contributed by atoms with E-state index in [0.29, 0.717) is 17.4 Å². The molecule has 1 saturated heterocycles. The summed E-state index contributed by atoms with van der Waals surface area (Å²) in [6, 6.07) is 9.88. The first-order chi connectivity index (χ1) is 11.8. The average molecular weight is 381 g/mol. The van der Waals surface area contributed by atoms with Crippen molar-refractivity contribution in [3.8, 4) is 11.1 Å². The van der Waals surface area contributed by atoms with Crippen LogP contribution in [0.3, 0.4) is 0 Å². The standard InChI is InChI=1S/C17H21ClN4O2S/c1-21(25(2,23)24)15-7-8-22(11-15)14-5-3-12(4-6-14)13-9-16(18)17(19)20-10-13/h3-6,9-10,15H,7-8,11H2,1-2H3,(H2,19,20)/t15-/m1/s1. The lowest BCUT2D eigenvalue weighted by atomic mass is 10.1. The number of rotatable bonds is 4. The number of hydrogen-bond acceptors (Lipinski definition) is 5. The lowest BCUT2D eigenvalue weighted by molar-refractivity contribution is 0.393. The van der Waals surface area contributed by atoms with Crippen molar-refractivity contribution >= 4 is 33.1 Å². The second-order valence-corrected chi connectivity index (χ2v) is 8.75. The SMILES string of the molecule is CN([C@@H]1CCN(c2ccc(-c3cnc(N)c(Cl)c3)cc2)C1)S(C)(=O)=O. The molecule has 0 radical (unpaired) electrons. The second kappa shape index (κ2) is 6.82. The van der Waals surface area contributed by atoms with E-state index in [-0.39, 0.29) is 6.04 Å². The lowest BCUT2D eigenvalue weighted by Gasteiger charge is -2.23. The molecule has 6 nitrogen and oxygen atoms in total. The van der Waals surface area contributed by atoms with E-state index in [4.69, 9.17) is 17.3 Å². The molecular weight excluding hydrogens is 360 g/mol. The van der Waals surface area contributed by atoms with Crippen LogP contribution in [0.25, 0.3) is 11.1 Å². The van der Waals surface area contributed by atoms with Gasteiger partial charge in [0.25, 0.3) is 0 Å². The summed E-state index contributed by atoms with van der Waals surface area (Å²) >= 11 is 6.03. The summed E-state index contributed by atoms with van der Waals surface area (Å²) < 4.78 is 24.9. The Morgan fingerprint density at radius 2 is 1.96 bits per heavy atom. The monoisotopic (exact) mass is 380 g/mol. The fourth-order valence-corrected chi connectivity index (χ4v) is 3.89. The first-order valence-corrected chi connectivity index (χ1v) is 10.2. The molecule has 1 atom stereocenters. The minimum absolute atomic E-state index is 0.00906. The lowest BCUT2D eigenvalue weighted by Crippen LogP contribution is -2.38. The summed E-state index contributed by atoms with van der Waals surface area (Å²) in [4.78, 5) is 6.28. The quantitative estimate of drug-likeness (QED) is 0.881. The number of nitrogens with two attached hydrogens (primary N) is 1. The molecule has 1 aromatic heterocycles. The molecule has 1 aromatic carbocycles. The zero-order valence-corrected chi connectivity index (χ0v) is 15.8. The van der Waals surface area contributed by atoms with Crippen molar-refractivity contribution in [2.75, 3.05) is 37.0 Å². The summed E-state index contributed by atoms with van der Waals surface area (Å²) in [5.74, 6) is 0.320. The van der Waals surface area contributed by atoms with Gasteiger partial charge in [-0.05, 0) is 30.2 Å². The molecule has 134 valence electrons. The van der Waals surface area contributed by atoms with Crippen molar-refractivity contribution in [2.45, 2.75) is 12.5 Å². The molecule has 0 saturated carbocycles. The van der Waals surface area contributed by atoms with E-state index < -0.39 is 10.0 Å². The molecule has 1 aliphatic heterocycles. The van der Waals surface area contributed by atoms with Crippen molar-refractivity contribution in [1.82, 2.24) is 9.29 Å². The first-order valence-electron chi connectivity index (χ1n) is 7.95. The number of nitrogen functional groups attached to an aromatic ring is 1. The van der Waals surface area contributed by atoms with E-state index in [1.165, 1.54) is 10.6 Å². The Morgan fingerprint density at radius 1 is 1.28 bits per heavy atom. The van der Waals surface area contributed by atoms with E-state index in [9.17, 15) is 8.42 Å². The van der Waals surface area contributed by atoms with Crippen molar-refractivity contribution in [3.05, 3.63) is 41.6 Å². The number of benzene rings is 1. The third kappa shape index (κ3) is 3.89. The van der Waals surface area contributed by atoms with Gasteiger partial charge in [0, 0.05) is 43.6 Å². The summed E-state index contributed by atoms with van der Waals surface area (Å²) in [6.45, 7) is 1.53. The predicted molar refractivity (Wildman–Crippen MR) is 102 cm³/mol. The van der Waals surface area contributed by atoms with Crippen LogP contribution in [-0.4, -0.2) is 50.1 Å². The molecule has 1 aliphatic rings. The average Bonchev–Trinajstić information content (AvgIpc) is 3.06. The molecule has 0 aliphatic carbocycles. The maximum absolute atomic E-state index is 11.7. The molecule has 0 bridgehead atoms. The van der Waals surface area contributed by atoms with Crippen molar-refractivity contribution in [2.24, 2.45) is 0 Å². The normalized spacial score (nSPS) is 18.1. The Kier molecular flexibility index (Phi) is 4.90. The van der Waals surface area contributed by atoms with Gasteiger partial charge in [-0.15, -0.1) is 0 Å².